The van der Waals surface area contributed by atoms with Gasteiger partial charge in [0.25, 0.3) is 0 Å². The van der Waals surface area contributed by atoms with Crippen molar-refractivity contribution in [1.29, 1.82) is 0 Å². The molecule has 3 nitrogen and oxygen atoms in total. The van der Waals surface area contributed by atoms with Crippen LogP contribution >= 0.6 is 0 Å². The summed E-state index contributed by atoms with van der Waals surface area (Å²) in [6.07, 6.45) is 1.56. The molecule has 1 rings (SSSR count). The van der Waals surface area contributed by atoms with E-state index in [1.54, 1.807) is 12.3 Å². The van der Waals surface area contributed by atoms with Gasteiger partial charge in [-0.2, -0.15) is 0 Å². The molecule has 0 N–H and O–H groups in total. The number of ether oxygens (including phenoxy) is 1. The van der Waals surface area contributed by atoms with Gasteiger partial charge in [-0.25, -0.2) is 0 Å². The molecule has 0 aromatic carbocycles. The summed E-state index contributed by atoms with van der Waals surface area (Å²) in [4.78, 5) is 0.778. The molecule has 1 heterocycles. The van der Waals surface area contributed by atoms with Gasteiger partial charge in [0.05, 0.1) is 34.3 Å². The van der Waals surface area contributed by atoms with Crippen molar-refractivity contribution in [2.45, 2.75) is 18.7 Å². The number of hydrogen-bond acceptors (Lipinski definition) is 3. The van der Waals surface area contributed by atoms with E-state index in [9.17, 15) is 4.21 Å². The minimum Gasteiger partial charge on any atom is -0.468 e. The van der Waals surface area contributed by atoms with Gasteiger partial charge < -0.3 is 9.15 Å². The van der Waals surface area contributed by atoms with Crippen LogP contribution in [-0.2, 0) is 15.5 Å². The largest absolute Gasteiger partial charge is 0.468 e. The maximum absolute atomic E-state index is 11.6. The summed E-state index contributed by atoms with van der Waals surface area (Å²) in [6.45, 7) is 4.94. The maximum Gasteiger partial charge on any atom is 0.116 e. The molecule has 1 aromatic rings. The third-order valence-electron chi connectivity index (χ3n) is 1.67. The Bertz CT molecular complexity index is 280. The molecule has 0 bridgehead atoms. The van der Waals surface area contributed by atoms with Gasteiger partial charge in [-0.15, -0.1) is 0 Å². The van der Waals surface area contributed by atoms with Crippen LogP contribution in [0.5, 0.6) is 0 Å². The molecule has 0 aliphatic carbocycles. The highest BCUT2D eigenvalue weighted by Gasteiger charge is 2.08. The van der Waals surface area contributed by atoms with Gasteiger partial charge in [0.2, 0.25) is 0 Å². The number of aryl methyl sites for hydroxylation is 1. The third kappa shape index (κ3) is 2.97. The van der Waals surface area contributed by atoms with Crippen LogP contribution in [0.3, 0.4) is 0 Å². The number of rotatable bonds is 5. The fourth-order valence-corrected chi connectivity index (χ4v) is 2.06. The molecule has 0 spiro atoms. The van der Waals surface area contributed by atoms with E-state index in [1.807, 2.05) is 13.8 Å². The van der Waals surface area contributed by atoms with Crippen molar-refractivity contribution in [3.63, 3.8) is 0 Å². The zero-order valence-corrected chi connectivity index (χ0v) is 8.73. The van der Waals surface area contributed by atoms with Gasteiger partial charge in [-0.3, -0.25) is 4.21 Å². The van der Waals surface area contributed by atoms with E-state index in [4.69, 9.17) is 9.15 Å². The van der Waals surface area contributed by atoms with Gasteiger partial charge in [-0.1, -0.05) is 0 Å². The fraction of sp³-hybridized carbons (Fsp3) is 0.556. The highest BCUT2D eigenvalue weighted by molar-refractivity contribution is 7.85. The predicted molar refractivity (Wildman–Crippen MR) is 51.2 cm³/mol. The Morgan fingerprint density at radius 3 is 2.92 bits per heavy atom. The minimum atomic E-state index is -0.984. The minimum absolute atomic E-state index is 0.535. The van der Waals surface area contributed by atoms with Crippen molar-refractivity contribution < 1.29 is 13.4 Å². The highest BCUT2D eigenvalue weighted by Crippen LogP contribution is 2.13. The molecule has 4 heteroatoms. The molecule has 0 saturated heterocycles. The first kappa shape index (κ1) is 10.5. The second-order valence-corrected chi connectivity index (χ2v) is 4.13. The standard InChI is InChI=1S/C9H14O3S/c1-3-11-6-7-13(10)9-4-5-12-8(9)2/h4-5H,3,6-7H2,1-2H3. The molecule has 0 radical (unpaired) electrons. The van der Waals surface area contributed by atoms with Crippen molar-refractivity contribution >= 4 is 10.8 Å². The molecule has 0 saturated carbocycles. The van der Waals surface area contributed by atoms with Crippen LogP contribution < -0.4 is 0 Å². The average molecular weight is 202 g/mol. The van der Waals surface area contributed by atoms with E-state index in [0.29, 0.717) is 19.0 Å². The van der Waals surface area contributed by atoms with Crippen LogP contribution in [0.2, 0.25) is 0 Å². The zero-order chi connectivity index (χ0) is 9.68. The lowest BCUT2D eigenvalue weighted by atomic mass is 10.5. The van der Waals surface area contributed by atoms with Gasteiger partial charge in [0.1, 0.15) is 5.76 Å². The Kier molecular flexibility index (Phi) is 4.18. The summed E-state index contributed by atoms with van der Waals surface area (Å²) in [5.74, 6) is 1.27. The Morgan fingerprint density at radius 2 is 2.38 bits per heavy atom. The first-order valence-electron chi connectivity index (χ1n) is 4.26. The normalized spacial score (nSPS) is 13.1. The van der Waals surface area contributed by atoms with E-state index < -0.39 is 10.8 Å². The topological polar surface area (TPSA) is 39.4 Å². The van der Waals surface area contributed by atoms with E-state index in [1.165, 1.54) is 0 Å². The Morgan fingerprint density at radius 1 is 1.62 bits per heavy atom. The first-order chi connectivity index (χ1) is 6.25. The summed E-state index contributed by atoms with van der Waals surface area (Å²) in [5.41, 5.74) is 0. The van der Waals surface area contributed by atoms with Crippen molar-refractivity contribution in [2.24, 2.45) is 0 Å². The van der Waals surface area contributed by atoms with Crippen LogP contribution in [0, 0.1) is 6.92 Å². The Balaban J connectivity index is 2.45. The monoisotopic (exact) mass is 202 g/mol. The Hall–Kier alpha value is -0.610. The van der Waals surface area contributed by atoms with Gasteiger partial charge in [0, 0.05) is 6.61 Å². The number of furan rings is 1. The first-order valence-corrected chi connectivity index (χ1v) is 5.57. The second kappa shape index (κ2) is 5.19. The van der Waals surface area contributed by atoms with E-state index in [-0.39, 0.29) is 0 Å². The lowest BCUT2D eigenvalue weighted by Gasteiger charge is -2.00. The summed E-state index contributed by atoms with van der Waals surface area (Å²) in [5, 5.41) is 0. The van der Waals surface area contributed by atoms with Crippen LogP contribution in [0.15, 0.2) is 21.6 Å². The summed E-state index contributed by atoms with van der Waals surface area (Å²) >= 11 is 0. The molecule has 74 valence electrons. The van der Waals surface area contributed by atoms with Gasteiger partial charge in [0.15, 0.2) is 0 Å². The fourth-order valence-electron chi connectivity index (χ4n) is 0.998. The molecule has 1 aromatic heterocycles. The van der Waals surface area contributed by atoms with Crippen LogP contribution in [0.4, 0.5) is 0 Å². The molecule has 0 fully saturated rings. The zero-order valence-electron chi connectivity index (χ0n) is 7.91. The van der Waals surface area contributed by atoms with Gasteiger partial charge in [-0.05, 0) is 19.9 Å². The third-order valence-corrected chi connectivity index (χ3v) is 3.13. The molecule has 0 aliphatic heterocycles. The van der Waals surface area contributed by atoms with Crippen molar-refractivity contribution in [2.75, 3.05) is 19.0 Å². The summed E-state index contributed by atoms with van der Waals surface area (Å²) in [7, 11) is -0.984. The number of hydrogen-bond donors (Lipinski definition) is 0. The highest BCUT2D eigenvalue weighted by atomic mass is 32.2. The molecule has 13 heavy (non-hydrogen) atoms. The summed E-state index contributed by atoms with van der Waals surface area (Å²) < 4.78 is 21.7. The molecular formula is C9H14O3S. The second-order valence-electron chi connectivity index (χ2n) is 2.59. The van der Waals surface area contributed by atoms with E-state index in [0.717, 1.165) is 10.7 Å². The SMILES string of the molecule is CCOCCS(=O)c1ccoc1C. The van der Waals surface area contributed by atoms with Gasteiger partial charge >= 0.3 is 0 Å². The van der Waals surface area contributed by atoms with Crippen molar-refractivity contribution in [3.05, 3.63) is 18.1 Å². The van der Waals surface area contributed by atoms with E-state index in [2.05, 4.69) is 0 Å². The van der Waals surface area contributed by atoms with E-state index >= 15 is 0 Å². The van der Waals surface area contributed by atoms with Crippen molar-refractivity contribution in [1.82, 2.24) is 0 Å². The predicted octanol–water partition coefficient (Wildman–Crippen LogP) is 1.73. The van der Waals surface area contributed by atoms with Crippen LogP contribution in [0.1, 0.15) is 12.7 Å². The summed E-state index contributed by atoms with van der Waals surface area (Å²) in [6, 6.07) is 1.75. The molecule has 1 unspecified atom stereocenters. The quantitative estimate of drug-likeness (QED) is 0.683. The molecule has 0 aliphatic rings. The van der Waals surface area contributed by atoms with Crippen LogP contribution in [-0.4, -0.2) is 23.2 Å². The molecule has 1 atom stereocenters. The lowest BCUT2D eigenvalue weighted by molar-refractivity contribution is 0.164. The Labute approximate surface area is 80.5 Å². The smallest absolute Gasteiger partial charge is 0.116 e. The molecular weight excluding hydrogens is 188 g/mol. The molecule has 0 amide bonds. The van der Waals surface area contributed by atoms with Crippen molar-refractivity contribution in [3.8, 4) is 0 Å². The average Bonchev–Trinajstić information content (AvgIpc) is 2.52. The lowest BCUT2D eigenvalue weighted by Crippen LogP contribution is -2.06. The van der Waals surface area contributed by atoms with Crippen LogP contribution in [0.25, 0.3) is 0 Å². The maximum atomic E-state index is 11.6.